The monoisotopic (exact) mass is 618 g/mol. The second-order valence-electron chi connectivity index (χ2n) is 13.2. The minimum atomic E-state index is -0.484. The van der Waals surface area contributed by atoms with Crippen molar-refractivity contribution in [1.29, 1.82) is 0 Å². The second kappa shape index (κ2) is 11.2. The Hall–Kier alpha value is -4.36. The highest BCUT2D eigenvalue weighted by molar-refractivity contribution is 7.26. The largest absolute Gasteiger partial charge is 0.494 e. The van der Waals surface area contributed by atoms with Crippen LogP contribution >= 0.6 is 11.3 Å². The van der Waals surface area contributed by atoms with E-state index in [9.17, 15) is 0 Å². The smallest absolute Gasteiger partial charge is 0.399 e. The van der Waals surface area contributed by atoms with Crippen molar-refractivity contribution in [3.05, 3.63) is 121 Å². The van der Waals surface area contributed by atoms with Crippen molar-refractivity contribution in [2.24, 2.45) is 0 Å². The van der Waals surface area contributed by atoms with Gasteiger partial charge in [0.05, 0.1) is 22.6 Å². The van der Waals surface area contributed by atoms with Crippen molar-refractivity contribution in [3.8, 4) is 33.6 Å². The Bertz CT molecular complexity index is 2150. The first kappa shape index (κ1) is 29.1. The van der Waals surface area contributed by atoms with Crippen LogP contribution < -0.4 is 5.46 Å². The third-order valence-corrected chi connectivity index (χ3v) is 10.8. The molecule has 0 bridgehead atoms. The number of rotatable bonds is 5. The Morgan fingerprint density at radius 2 is 1.35 bits per heavy atom. The molecule has 1 aliphatic carbocycles. The number of hydrogen-bond acceptors (Lipinski definition) is 5. The normalized spacial score (nSPS) is 17.1. The number of benzene rings is 4. The van der Waals surface area contributed by atoms with Crippen LogP contribution in [0.1, 0.15) is 46.4 Å². The molecule has 6 aromatic rings. The Kier molecular flexibility index (Phi) is 7.06. The van der Waals surface area contributed by atoms with Gasteiger partial charge in [0.1, 0.15) is 0 Å². The minimum Gasteiger partial charge on any atom is -0.399 e. The first-order valence-electron chi connectivity index (χ1n) is 16.0. The summed E-state index contributed by atoms with van der Waals surface area (Å²) in [5.74, 6) is 0.742. The molecule has 2 aliphatic rings. The number of fused-ring (bicyclic) bond motifs is 3. The van der Waals surface area contributed by atoms with Crippen molar-refractivity contribution >= 4 is 49.7 Å². The summed E-state index contributed by atoms with van der Waals surface area (Å²) in [4.78, 5) is 10.4. The van der Waals surface area contributed by atoms with Gasteiger partial charge in [0, 0.05) is 36.9 Å². The molecule has 6 heteroatoms. The van der Waals surface area contributed by atoms with Crippen LogP contribution in [-0.2, 0) is 9.31 Å². The van der Waals surface area contributed by atoms with E-state index in [1.165, 1.54) is 31.3 Å². The van der Waals surface area contributed by atoms with Gasteiger partial charge in [0.25, 0.3) is 0 Å². The lowest BCUT2D eigenvalue weighted by Crippen LogP contribution is -2.41. The first-order chi connectivity index (χ1) is 22.3. The lowest BCUT2D eigenvalue weighted by atomic mass is 9.77. The SMILES string of the molecule is CC1(C)OB(c2cc(-c3cc(-c4ccc(-c5ccccc5)cc4)nc(C4=CCCC=C4)n3)c3sc4ccccc4c3c2)OC1(C)C. The van der Waals surface area contributed by atoms with E-state index in [0.29, 0.717) is 0 Å². The molecule has 4 aromatic carbocycles. The number of hydrogen-bond donors (Lipinski definition) is 0. The second-order valence-corrected chi connectivity index (χ2v) is 14.2. The van der Waals surface area contributed by atoms with Crippen molar-refractivity contribution in [1.82, 2.24) is 9.97 Å². The Morgan fingerprint density at radius 3 is 2.09 bits per heavy atom. The fourth-order valence-electron chi connectivity index (χ4n) is 6.26. The summed E-state index contributed by atoms with van der Waals surface area (Å²) >= 11 is 1.81. The molecule has 0 radical (unpaired) electrons. The van der Waals surface area contributed by atoms with Crippen LogP contribution in [0.4, 0.5) is 0 Å². The maximum absolute atomic E-state index is 6.57. The fraction of sp³-hybridized carbons (Fsp3) is 0.200. The van der Waals surface area contributed by atoms with Gasteiger partial charge >= 0.3 is 7.12 Å². The Labute approximate surface area is 274 Å². The van der Waals surface area contributed by atoms with Gasteiger partial charge in [-0.3, -0.25) is 0 Å². The zero-order chi connectivity index (χ0) is 31.5. The Balaban J connectivity index is 1.32. The van der Waals surface area contributed by atoms with Crippen molar-refractivity contribution in [2.75, 3.05) is 0 Å². The molecule has 3 heterocycles. The molecule has 0 amide bonds. The quantitative estimate of drug-likeness (QED) is 0.181. The van der Waals surface area contributed by atoms with Gasteiger partial charge in [-0.15, -0.1) is 11.3 Å². The van der Waals surface area contributed by atoms with Crippen molar-refractivity contribution in [3.63, 3.8) is 0 Å². The third-order valence-electron chi connectivity index (χ3n) is 9.57. The molecule has 1 saturated heterocycles. The average molecular weight is 619 g/mol. The van der Waals surface area contributed by atoms with Crippen LogP contribution in [0.2, 0.25) is 0 Å². The van der Waals surface area contributed by atoms with Crippen LogP contribution in [0.15, 0.2) is 115 Å². The van der Waals surface area contributed by atoms with E-state index in [4.69, 9.17) is 19.3 Å². The topological polar surface area (TPSA) is 44.2 Å². The molecular weight excluding hydrogens is 583 g/mol. The van der Waals surface area contributed by atoms with Gasteiger partial charge in [-0.05, 0) is 69.3 Å². The fourth-order valence-corrected chi connectivity index (χ4v) is 7.47. The molecule has 0 spiro atoms. The number of aromatic nitrogens is 2. The average Bonchev–Trinajstić information content (AvgIpc) is 3.57. The van der Waals surface area contributed by atoms with Gasteiger partial charge in [-0.25, -0.2) is 9.97 Å². The maximum atomic E-state index is 6.57. The van der Waals surface area contributed by atoms with E-state index >= 15 is 0 Å². The molecular formula is C40H35BN2O2S. The lowest BCUT2D eigenvalue weighted by molar-refractivity contribution is 0.00578. The van der Waals surface area contributed by atoms with E-state index < -0.39 is 18.3 Å². The number of nitrogens with zero attached hydrogens (tertiary/aromatic N) is 2. The van der Waals surface area contributed by atoms with Crippen molar-refractivity contribution in [2.45, 2.75) is 51.7 Å². The zero-order valence-electron chi connectivity index (χ0n) is 26.6. The summed E-state index contributed by atoms with van der Waals surface area (Å²) in [5, 5.41) is 2.42. The molecule has 0 unspecified atom stereocenters. The van der Waals surface area contributed by atoms with Gasteiger partial charge in [-0.1, -0.05) is 103 Å². The van der Waals surface area contributed by atoms with Crippen LogP contribution in [0.25, 0.3) is 59.4 Å². The van der Waals surface area contributed by atoms with Crippen LogP contribution in [0.3, 0.4) is 0 Å². The van der Waals surface area contributed by atoms with Gasteiger partial charge < -0.3 is 9.31 Å². The molecule has 0 N–H and O–H groups in total. The summed E-state index contributed by atoms with van der Waals surface area (Å²) in [7, 11) is -0.484. The zero-order valence-corrected chi connectivity index (χ0v) is 27.4. The summed E-state index contributed by atoms with van der Waals surface area (Å²) in [6.07, 6.45) is 8.63. The molecule has 226 valence electrons. The number of thiophene rings is 1. The van der Waals surface area contributed by atoms with Crippen LogP contribution in [-0.4, -0.2) is 28.3 Å². The maximum Gasteiger partial charge on any atom is 0.494 e. The standard InChI is InChI=1S/C40H35BN2O2S/c1-39(2)40(3,4)45-41(44-39)30-23-32-31-17-11-12-18-36(31)46-37(32)33(24-30)35-25-34(42-38(43-35)29-15-9-6-10-16-29)28-21-19-27(20-22-28)26-13-7-5-8-14-26/h5,7-9,11-25H,6,10H2,1-4H3. The van der Waals surface area contributed by atoms with E-state index in [-0.39, 0.29) is 0 Å². The highest BCUT2D eigenvalue weighted by Crippen LogP contribution is 2.42. The predicted octanol–water partition coefficient (Wildman–Crippen LogP) is 9.88. The summed E-state index contributed by atoms with van der Waals surface area (Å²) < 4.78 is 15.6. The van der Waals surface area contributed by atoms with E-state index in [1.807, 2.05) is 6.07 Å². The summed E-state index contributed by atoms with van der Waals surface area (Å²) in [6, 6.07) is 34.4. The summed E-state index contributed by atoms with van der Waals surface area (Å²) in [6.45, 7) is 8.40. The van der Waals surface area contributed by atoms with E-state index in [1.54, 1.807) is 11.3 Å². The molecule has 2 aromatic heterocycles. The van der Waals surface area contributed by atoms with Gasteiger partial charge in [-0.2, -0.15) is 0 Å². The Morgan fingerprint density at radius 1 is 0.674 bits per heavy atom. The molecule has 0 saturated carbocycles. The van der Waals surface area contributed by atoms with Crippen LogP contribution in [0, 0.1) is 0 Å². The highest BCUT2D eigenvalue weighted by atomic mass is 32.1. The van der Waals surface area contributed by atoms with Crippen LogP contribution in [0.5, 0.6) is 0 Å². The van der Waals surface area contributed by atoms with Gasteiger partial charge in [0.15, 0.2) is 5.82 Å². The molecule has 0 atom stereocenters. The van der Waals surface area contributed by atoms with Crippen molar-refractivity contribution < 1.29 is 9.31 Å². The summed E-state index contributed by atoms with van der Waals surface area (Å²) in [5.41, 5.74) is 7.46. The number of allylic oxidation sites excluding steroid dienone is 4. The molecule has 4 nitrogen and oxygen atoms in total. The minimum absolute atomic E-state index is 0.440. The van der Waals surface area contributed by atoms with E-state index in [0.717, 1.165) is 52.2 Å². The van der Waals surface area contributed by atoms with E-state index in [2.05, 4.69) is 137 Å². The van der Waals surface area contributed by atoms with Gasteiger partial charge in [0.2, 0.25) is 0 Å². The predicted molar refractivity (Wildman–Crippen MR) is 193 cm³/mol. The lowest BCUT2D eigenvalue weighted by Gasteiger charge is -2.32. The molecule has 1 aliphatic heterocycles. The molecule has 1 fully saturated rings. The molecule has 8 rings (SSSR count). The molecule has 46 heavy (non-hydrogen) atoms. The first-order valence-corrected chi connectivity index (χ1v) is 16.8. The third kappa shape index (κ3) is 5.11. The highest BCUT2D eigenvalue weighted by Gasteiger charge is 2.51.